The van der Waals surface area contributed by atoms with Crippen molar-refractivity contribution in [3.8, 4) is 0 Å². The van der Waals surface area contributed by atoms with E-state index in [0.29, 0.717) is 19.5 Å². The Bertz CT molecular complexity index is 1010. The zero-order valence-electron chi connectivity index (χ0n) is 17.7. The Morgan fingerprint density at radius 1 is 0.935 bits per heavy atom. The van der Waals surface area contributed by atoms with Gasteiger partial charge in [-0.25, -0.2) is 0 Å². The van der Waals surface area contributed by atoms with Gasteiger partial charge in [-0.2, -0.15) is 0 Å². The SMILES string of the molecule is Cc1ccccc1N1CCN(C(=O)C(Cc2ccccc2)NC(=O)c2ccco2)CC1. The molecule has 0 spiro atoms. The van der Waals surface area contributed by atoms with Crippen LogP contribution in [0.2, 0.25) is 0 Å². The van der Waals surface area contributed by atoms with Crippen LogP contribution in [-0.4, -0.2) is 48.9 Å². The van der Waals surface area contributed by atoms with Gasteiger partial charge in [-0.1, -0.05) is 48.5 Å². The normalized spacial score (nSPS) is 14.9. The summed E-state index contributed by atoms with van der Waals surface area (Å²) in [6.45, 7) is 4.87. The fourth-order valence-electron chi connectivity index (χ4n) is 3.99. The molecule has 1 aromatic heterocycles. The van der Waals surface area contributed by atoms with Gasteiger partial charge >= 0.3 is 0 Å². The highest BCUT2D eigenvalue weighted by molar-refractivity contribution is 5.95. The molecule has 2 heterocycles. The maximum absolute atomic E-state index is 13.4. The molecular formula is C25H27N3O3. The van der Waals surface area contributed by atoms with Crippen molar-refractivity contribution < 1.29 is 14.0 Å². The second-order valence-electron chi connectivity index (χ2n) is 7.79. The number of benzene rings is 2. The molecule has 0 saturated carbocycles. The van der Waals surface area contributed by atoms with E-state index >= 15 is 0 Å². The van der Waals surface area contributed by atoms with E-state index < -0.39 is 6.04 Å². The molecule has 4 rings (SSSR count). The molecule has 6 nitrogen and oxygen atoms in total. The molecule has 1 unspecified atom stereocenters. The number of piperazine rings is 1. The molecule has 1 aliphatic rings. The van der Waals surface area contributed by atoms with Gasteiger partial charge in [-0.05, 0) is 36.2 Å². The smallest absolute Gasteiger partial charge is 0.287 e. The Morgan fingerprint density at radius 2 is 1.65 bits per heavy atom. The molecule has 1 fully saturated rings. The van der Waals surface area contributed by atoms with Gasteiger partial charge in [0, 0.05) is 38.3 Å². The number of hydrogen-bond donors (Lipinski definition) is 1. The summed E-state index contributed by atoms with van der Waals surface area (Å²) in [7, 11) is 0. The van der Waals surface area contributed by atoms with E-state index in [1.807, 2.05) is 47.4 Å². The number of para-hydroxylation sites is 1. The molecule has 31 heavy (non-hydrogen) atoms. The fraction of sp³-hybridized carbons (Fsp3) is 0.280. The number of rotatable bonds is 6. The third kappa shape index (κ3) is 4.97. The lowest BCUT2D eigenvalue weighted by molar-refractivity contribution is -0.133. The molecule has 3 aromatic rings. The number of carbonyl (C=O) groups excluding carboxylic acids is 2. The van der Waals surface area contributed by atoms with Crippen LogP contribution in [0.4, 0.5) is 5.69 Å². The van der Waals surface area contributed by atoms with E-state index in [0.717, 1.165) is 18.7 Å². The highest BCUT2D eigenvalue weighted by Crippen LogP contribution is 2.21. The number of anilines is 1. The summed E-state index contributed by atoms with van der Waals surface area (Å²) >= 11 is 0. The van der Waals surface area contributed by atoms with Gasteiger partial charge in [-0.3, -0.25) is 9.59 Å². The Morgan fingerprint density at radius 3 is 2.32 bits per heavy atom. The number of nitrogens with zero attached hydrogens (tertiary/aromatic N) is 2. The molecular weight excluding hydrogens is 390 g/mol. The van der Waals surface area contributed by atoms with Crippen molar-refractivity contribution >= 4 is 17.5 Å². The summed E-state index contributed by atoms with van der Waals surface area (Å²) < 4.78 is 5.20. The second-order valence-corrected chi connectivity index (χ2v) is 7.79. The van der Waals surface area contributed by atoms with Gasteiger partial charge < -0.3 is 19.5 Å². The largest absolute Gasteiger partial charge is 0.459 e. The number of amides is 2. The number of furan rings is 1. The average molecular weight is 418 g/mol. The first kappa shape index (κ1) is 20.7. The number of carbonyl (C=O) groups is 2. The lowest BCUT2D eigenvalue weighted by atomic mass is 10.0. The van der Waals surface area contributed by atoms with Gasteiger partial charge in [0.2, 0.25) is 5.91 Å². The van der Waals surface area contributed by atoms with E-state index in [-0.39, 0.29) is 17.6 Å². The zero-order valence-corrected chi connectivity index (χ0v) is 17.7. The topological polar surface area (TPSA) is 65.8 Å². The Kier molecular flexibility index (Phi) is 6.36. The predicted molar refractivity (Wildman–Crippen MR) is 120 cm³/mol. The minimum Gasteiger partial charge on any atom is -0.459 e. The van der Waals surface area contributed by atoms with Crippen LogP contribution in [0.5, 0.6) is 0 Å². The maximum atomic E-state index is 13.4. The fourth-order valence-corrected chi connectivity index (χ4v) is 3.99. The summed E-state index contributed by atoms with van der Waals surface area (Å²) in [5, 5.41) is 2.88. The molecule has 0 radical (unpaired) electrons. The third-order valence-electron chi connectivity index (χ3n) is 5.68. The predicted octanol–water partition coefficient (Wildman–Crippen LogP) is 3.28. The Labute approximate surface area is 182 Å². The van der Waals surface area contributed by atoms with Crippen LogP contribution in [0.25, 0.3) is 0 Å². The monoisotopic (exact) mass is 417 g/mol. The zero-order chi connectivity index (χ0) is 21.6. The molecule has 1 N–H and O–H groups in total. The van der Waals surface area contributed by atoms with Crippen LogP contribution in [0.3, 0.4) is 0 Å². The first-order valence-electron chi connectivity index (χ1n) is 10.6. The van der Waals surface area contributed by atoms with Crippen molar-refractivity contribution in [2.45, 2.75) is 19.4 Å². The molecule has 2 aromatic carbocycles. The molecule has 1 saturated heterocycles. The number of hydrogen-bond acceptors (Lipinski definition) is 4. The average Bonchev–Trinajstić information content (AvgIpc) is 3.35. The van der Waals surface area contributed by atoms with Gasteiger partial charge in [0.05, 0.1) is 6.26 Å². The summed E-state index contributed by atoms with van der Waals surface area (Å²) in [5.41, 5.74) is 3.44. The Balaban J connectivity index is 1.45. The minimum absolute atomic E-state index is 0.0619. The molecule has 6 heteroatoms. The van der Waals surface area contributed by atoms with Gasteiger partial charge in [-0.15, -0.1) is 0 Å². The van der Waals surface area contributed by atoms with Crippen LogP contribution in [0.15, 0.2) is 77.4 Å². The van der Waals surface area contributed by atoms with Gasteiger partial charge in [0.25, 0.3) is 5.91 Å². The lowest BCUT2D eigenvalue weighted by Gasteiger charge is -2.38. The van der Waals surface area contributed by atoms with Crippen LogP contribution >= 0.6 is 0 Å². The van der Waals surface area contributed by atoms with Crippen LogP contribution in [-0.2, 0) is 11.2 Å². The van der Waals surface area contributed by atoms with Crippen molar-refractivity contribution in [2.24, 2.45) is 0 Å². The summed E-state index contributed by atoms with van der Waals surface area (Å²) in [6, 6.07) is 20.7. The molecule has 0 aliphatic carbocycles. The molecule has 2 amide bonds. The summed E-state index contributed by atoms with van der Waals surface area (Å²) in [6.07, 6.45) is 1.89. The van der Waals surface area contributed by atoms with Gasteiger partial charge in [0.15, 0.2) is 5.76 Å². The highest BCUT2D eigenvalue weighted by atomic mass is 16.3. The first-order valence-corrected chi connectivity index (χ1v) is 10.6. The molecule has 160 valence electrons. The second kappa shape index (κ2) is 9.51. The quantitative estimate of drug-likeness (QED) is 0.669. The number of aryl methyl sites for hydroxylation is 1. The van der Waals surface area contributed by atoms with Crippen molar-refractivity contribution in [3.05, 3.63) is 89.9 Å². The molecule has 0 bridgehead atoms. The standard InChI is InChI=1S/C25H27N3O3/c1-19-8-5-6-11-22(19)27-13-15-28(16-14-27)25(30)21(18-20-9-3-2-4-10-20)26-24(29)23-12-7-17-31-23/h2-12,17,21H,13-16,18H2,1H3,(H,26,29). The lowest BCUT2D eigenvalue weighted by Crippen LogP contribution is -2.55. The van der Waals surface area contributed by atoms with Crippen molar-refractivity contribution in [2.75, 3.05) is 31.1 Å². The van der Waals surface area contributed by atoms with Crippen LogP contribution < -0.4 is 10.2 Å². The molecule has 1 aliphatic heterocycles. The first-order chi connectivity index (χ1) is 15.1. The highest BCUT2D eigenvalue weighted by Gasteiger charge is 2.30. The minimum atomic E-state index is -0.648. The van der Waals surface area contributed by atoms with E-state index in [1.165, 1.54) is 17.5 Å². The van der Waals surface area contributed by atoms with Crippen molar-refractivity contribution in [1.29, 1.82) is 0 Å². The van der Waals surface area contributed by atoms with E-state index in [1.54, 1.807) is 12.1 Å². The van der Waals surface area contributed by atoms with E-state index in [9.17, 15) is 9.59 Å². The number of nitrogens with one attached hydrogen (secondary N) is 1. The summed E-state index contributed by atoms with van der Waals surface area (Å²) in [5.74, 6) is -0.235. The summed E-state index contributed by atoms with van der Waals surface area (Å²) in [4.78, 5) is 30.1. The van der Waals surface area contributed by atoms with Gasteiger partial charge in [0.1, 0.15) is 6.04 Å². The van der Waals surface area contributed by atoms with E-state index in [4.69, 9.17) is 4.42 Å². The van der Waals surface area contributed by atoms with E-state index in [2.05, 4.69) is 29.3 Å². The van der Waals surface area contributed by atoms with Crippen molar-refractivity contribution in [3.63, 3.8) is 0 Å². The van der Waals surface area contributed by atoms with Crippen LogP contribution in [0.1, 0.15) is 21.7 Å². The molecule has 1 atom stereocenters. The maximum Gasteiger partial charge on any atom is 0.287 e. The third-order valence-corrected chi connectivity index (χ3v) is 5.68. The Hall–Kier alpha value is -3.54. The van der Waals surface area contributed by atoms with Crippen LogP contribution in [0, 0.1) is 6.92 Å². The van der Waals surface area contributed by atoms with Crippen molar-refractivity contribution in [1.82, 2.24) is 10.2 Å².